The summed E-state index contributed by atoms with van der Waals surface area (Å²) in [6.45, 7) is 5.75. The van der Waals surface area contributed by atoms with Crippen molar-refractivity contribution >= 4 is 0 Å². The van der Waals surface area contributed by atoms with E-state index in [4.69, 9.17) is 0 Å². The molecule has 0 aliphatic heterocycles. The largest absolute Gasteiger partial charge is 0.0914 e. The molecule has 0 saturated carbocycles. The van der Waals surface area contributed by atoms with Crippen LogP contribution in [0.3, 0.4) is 0 Å². The highest BCUT2D eigenvalue weighted by molar-refractivity contribution is 4.96. The van der Waals surface area contributed by atoms with Gasteiger partial charge in [-0.2, -0.15) is 0 Å². The lowest BCUT2D eigenvalue weighted by Crippen LogP contribution is -1.60. The Morgan fingerprint density at radius 3 is 2.00 bits per heavy atom. The van der Waals surface area contributed by atoms with Crippen molar-refractivity contribution in [1.29, 1.82) is 0 Å². The van der Waals surface area contributed by atoms with E-state index < -0.39 is 0 Å². The lowest BCUT2D eigenvalue weighted by atomic mass is 10.3. The van der Waals surface area contributed by atoms with E-state index in [1.807, 2.05) is 6.92 Å². The van der Waals surface area contributed by atoms with Gasteiger partial charge in [-0.25, -0.2) is 0 Å². The fourth-order valence-electron chi connectivity index (χ4n) is 0.700. The van der Waals surface area contributed by atoms with Crippen molar-refractivity contribution in [3.63, 3.8) is 0 Å². The predicted octanol–water partition coefficient (Wildman–Crippen LogP) is 3.68. The number of hydrogen-bond donors (Lipinski definition) is 0. The van der Waals surface area contributed by atoms with E-state index in [0.717, 1.165) is 19.3 Å². The summed E-state index contributed by atoms with van der Waals surface area (Å²) in [4.78, 5) is 0. The van der Waals surface area contributed by atoms with Crippen LogP contribution in [0.25, 0.3) is 0 Å². The zero-order valence-electron chi connectivity index (χ0n) is 7.29. The molecule has 0 aliphatic rings. The van der Waals surface area contributed by atoms with Gasteiger partial charge in [0.05, 0.1) is 0 Å². The quantitative estimate of drug-likeness (QED) is 0.523. The molecule has 0 spiro atoms. The Morgan fingerprint density at radius 2 is 1.45 bits per heavy atom. The first-order chi connectivity index (χ1) is 5.41. The first-order valence-electron chi connectivity index (χ1n) is 4.12. The zero-order chi connectivity index (χ0) is 8.36. The fourth-order valence-corrected chi connectivity index (χ4v) is 0.700. The normalized spacial score (nSPS) is 12.5. The average Bonchev–Trinajstić information content (AvgIpc) is 2.03. The van der Waals surface area contributed by atoms with Crippen molar-refractivity contribution in [3.8, 4) is 0 Å². The molecule has 11 heavy (non-hydrogen) atoms. The van der Waals surface area contributed by atoms with Crippen molar-refractivity contribution in [2.24, 2.45) is 0 Å². The third-order valence-electron chi connectivity index (χ3n) is 1.28. The predicted molar refractivity (Wildman–Crippen MR) is 52.3 cm³/mol. The fraction of sp³-hybridized carbons (Fsp3) is 0.364. The van der Waals surface area contributed by atoms with Gasteiger partial charge in [0.2, 0.25) is 0 Å². The van der Waals surface area contributed by atoms with Gasteiger partial charge in [-0.1, -0.05) is 36.5 Å². The molecule has 0 nitrogen and oxygen atoms in total. The van der Waals surface area contributed by atoms with E-state index in [2.05, 4.69) is 43.4 Å². The SMILES string of the molecule is [CH2]C/C=C/C/C=C/C/C=C/C. The van der Waals surface area contributed by atoms with Crippen LogP contribution in [0, 0.1) is 6.92 Å². The Morgan fingerprint density at radius 1 is 0.909 bits per heavy atom. The Labute approximate surface area is 70.3 Å². The highest BCUT2D eigenvalue weighted by Gasteiger charge is 1.70. The summed E-state index contributed by atoms with van der Waals surface area (Å²) in [5.74, 6) is 0. The van der Waals surface area contributed by atoms with Crippen LogP contribution in [-0.4, -0.2) is 0 Å². The molecule has 0 saturated heterocycles. The summed E-state index contributed by atoms with van der Waals surface area (Å²) in [5, 5.41) is 0. The molecule has 0 aliphatic carbocycles. The third-order valence-corrected chi connectivity index (χ3v) is 1.28. The van der Waals surface area contributed by atoms with E-state index in [1.54, 1.807) is 0 Å². The molecule has 0 aromatic carbocycles. The third kappa shape index (κ3) is 9.22. The van der Waals surface area contributed by atoms with Crippen molar-refractivity contribution in [3.05, 3.63) is 43.4 Å². The van der Waals surface area contributed by atoms with Gasteiger partial charge in [0.1, 0.15) is 0 Å². The van der Waals surface area contributed by atoms with E-state index in [-0.39, 0.29) is 0 Å². The summed E-state index contributed by atoms with van der Waals surface area (Å²) in [7, 11) is 0. The first-order valence-corrected chi connectivity index (χ1v) is 4.12. The van der Waals surface area contributed by atoms with Gasteiger partial charge >= 0.3 is 0 Å². The van der Waals surface area contributed by atoms with Crippen LogP contribution in [0.4, 0.5) is 0 Å². The molecule has 0 fully saturated rings. The molecule has 0 rings (SSSR count). The molecule has 0 amide bonds. The van der Waals surface area contributed by atoms with Crippen LogP contribution < -0.4 is 0 Å². The van der Waals surface area contributed by atoms with Gasteiger partial charge in [0, 0.05) is 0 Å². The molecule has 0 unspecified atom stereocenters. The van der Waals surface area contributed by atoms with Crippen molar-refractivity contribution in [1.82, 2.24) is 0 Å². The van der Waals surface area contributed by atoms with Gasteiger partial charge in [-0.15, -0.1) is 0 Å². The molecule has 1 radical (unpaired) electrons. The number of allylic oxidation sites excluding steroid dienone is 6. The first kappa shape index (κ1) is 10.2. The second-order valence-electron chi connectivity index (χ2n) is 2.27. The van der Waals surface area contributed by atoms with E-state index in [9.17, 15) is 0 Å². The summed E-state index contributed by atoms with van der Waals surface area (Å²) >= 11 is 0. The molecule has 0 bridgehead atoms. The summed E-state index contributed by atoms with van der Waals surface area (Å²) < 4.78 is 0. The molecule has 0 aromatic heterocycles. The van der Waals surface area contributed by atoms with Crippen LogP contribution in [0.15, 0.2) is 36.5 Å². The second kappa shape index (κ2) is 9.22. The maximum atomic E-state index is 3.71. The highest BCUT2D eigenvalue weighted by Crippen LogP contribution is 1.91. The highest BCUT2D eigenvalue weighted by atomic mass is 13.8. The summed E-state index contributed by atoms with van der Waals surface area (Å²) in [6.07, 6.45) is 15.8. The molecule has 61 valence electrons. The van der Waals surface area contributed by atoms with Crippen molar-refractivity contribution < 1.29 is 0 Å². The Hall–Kier alpha value is -0.780. The Balaban J connectivity index is 3.23. The molecule has 0 heteroatoms. The standard InChI is InChI=1S/C11H17/c1-3-5-7-9-11-10-8-6-4-2/h4-7,10-11H,1,3,8-9H2,2H3/b6-4+,7-5+,11-10+. The maximum absolute atomic E-state index is 3.71. The second-order valence-corrected chi connectivity index (χ2v) is 2.27. The summed E-state index contributed by atoms with van der Waals surface area (Å²) in [5.41, 5.74) is 0. The number of hydrogen-bond acceptors (Lipinski definition) is 0. The topological polar surface area (TPSA) is 0 Å². The Kier molecular flexibility index (Phi) is 8.57. The van der Waals surface area contributed by atoms with E-state index in [0.29, 0.717) is 0 Å². The van der Waals surface area contributed by atoms with Crippen LogP contribution in [0.5, 0.6) is 0 Å². The molecule has 0 aromatic rings. The zero-order valence-corrected chi connectivity index (χ0v) is 7.29. The van der Waals surface area contributed by atoms with E-state index >= 15 is 0 Å². The molecule has 0 N–H and O–H groups in total. The summed E-state index contributed by atoms with van der Waals surface area (Å²) in [6, 6.07) is 0. The molecular weight excluding hydrogens is 132 g/mol. The monoisotopic (exact) mass is 149 g/mol. The minimum Gasteiger partial charge on any atom is -0.0914 e. The molecular formula is C11H17. The Bertz CT molecular complexity index is 138. The van der Waals surface area contributed by atoms with Crippen molar-refractivity contribution in [2.75, 3.05) is 0 Å². The molecule has 0 atom stereocenters. The number of rotatable bonds is 5. The average molecular weight is 149 g/mol. The minimum atomic E-state index is 0.892. The minimum absolute atomic E-state index is 0.892. The van der Waals surface area contributed by atoms with Crippen LogP contribution >= 0.6 is 0 Å². The van der Waals surface area contributed by atoms with Gasteiger partial charge < -0.3 is 0 Å². The van der Waals surface area contributed by atoms with Gasteiger partial charge in [0.15, 0.2) is 0 Å². The van der Waals surface area contributed by atoms with Gasteiger partial charge in [-0.3, -0.25) is 0 Å². The smallest absolute Gasteiger partial charge is 0.0169 e. The lowest BCUT2D eigenvalue weighted by molar-refractivity contribution is 1.28. The van der Waals surface area contributed by atoms with Crippen LogP contribution in [0.2, 0.25) is 0 Å². The van der Waals surface area contributed by atoms with Crippen molar-refractivity contribution in [2.45, 2.75) is 26.2 Å². The lowest BCUT2D eigenvalue weighted by Gasteiger charge is -1.81. The van der Waals surface area contributed by atoms with Crippen LogP contribution in [-0.2, 0) is 0 Å². The van der Waals surface area contributed by atoms with Crippen LogP contribution in [0.1, 0.15) is 26.2 Å². The molecule has 0 heterocycles. The maximum Gasteiger partial charge on any atom is -0.0169 e. The van der Waals surface area contributed by atoms with Gasteiger partial charge in [-0.05, 0) is 33.1 Å². The van der Waals surface area contributed by atoms with E-state index in [1.165, 1.54) is 0 Å². The van der Waals surface area contributed by atoms with Gasteiger partial charge in [0.25, 0.3) is 0 Å².